The molecule has 1 fully saturated rings. The van der Waals surface area contributed by atoms with Crippen LogP contribution in [-0.2, 0) is 16.0 Å². The van der Waals surface area contributed by atoms with Gasteiger partial charge in [-0.25, -0.2) is 4.98 Å². The van der Waals surface area contributed by atoms with E-state index in [0.29, 0.717) is 11.9 Å². The lowest BCUT2D eigenvalue weighted by atomic mass is 10.2. The molecule has 2 rings (SSSR count). The Hall–Kier alpha value is -0.750. The van der Waals surface area contributed by atoms with Crippen molar-refractivity contribution in [1.29, 1.82) is 0 Å². The third kappa shape index (κ3) is 5.03. The van der Waals surface area contributed by atoms with E-state index in [1.807, 2.05) is 24.1 Å². The van der Waals surface area contributed by atoms with E-state index < -0.39 is 0 Å². The van der Waals surface area contributed by atoms with Gasteiger partial charge in [0.15, 0.2) is 5.13 Å². The molecule has 0 aliphatic carbocycles. The number of nitrogens with zero attached hydrogens (tertiary/aromatic N) is 1. The van der Waals surface area contributed by atoms with Crippen molar-refractivity contribution in [3.63, 3.8) is 0 Å². The highest BCUT2D eigenvalue weighted by Crippen LogP contribution is 2.25. The van der Waals surface area contributed by atoms with E-state index in [1.165, 1.54) is 25.0 Å². The fraction of sp³-hybridized carbons (Fsp3) is 0.692. The molecule has 0 saturated carbocycles. The molecule has 0 bridgehead atoms. The summed E-state index contributed by atoms with van der Waals surface area (Å²) < 4.78 is 4.91. The second-order valence-electron chi connectivity index (χ2n) is 4.50. The summed E-state index contributed by atoms with van der Waals surface area (Å²) in [5.41, 5.74) is 0.794. The van der Waals surface area contributed by atoms with Crippen LogP contribution in [-0.4, -0.2) is 35.1 Å². The fourth-order valence-electron chi connectivity index (χ4n) is 2.00. The smallest absolute Gasteiger partial charge is 0.311 e. The lowest BCUT2D eigenvalue weighted by Gasteiger charge is -2.21. The Morgan fingerprint density at radius 2 is 2.47 bits per heavy atom. The number of carbonyl (C=O) groups excluding carboxylic acids is 1. The number of thiazole rings is 1. The van der Waals surface area contributed by atoms with Crippen LogP contribution in [0.4, 0.5) is 5.13 Å². The molecule has 1 N–H and O–H groups in total. The Balaban J connectivity index is 1.75. The topological polar surface area (TPSA) is 51.2 Å². The lowest BCUT2D eigenvalue weighted by molar-refractivity contribution is -0.142. The van der Waals surface area contributed by atoms with Crippen molar-refractivity contribution >= 4 is 34.2 Å². The molecule has 1 saturated heterocycles. The summed E-state index contributed by atoms with van der Waals surface area (Å²) in [5.74, 6) is 1.07. The van der Waals surface area contributed by atoms with Gasteiger partial charge in [-0.05, 0) is 25.5 Å². The van der Waals surface area contributed by atoms with Crippen molar-refractivity contribution in [2.24, 2.45) is 0 Å². The monoisotopic (exact) mass is 300 g/mol. The number of ether oxygens (including phenoxy) is 1. The van der Waals surface area contributed by atoms with Crippen molar-refractivity contribution in [2.75, 3.05) is 24.2 Å². The van der Waals surface area contributed by atoms with Gasteiger partial charge in [-0.1, -0.05) is 6.42 Å². The van der Waals surface area contributed by atoms with Gasteiger partial charge >= 0.3 is 5.97 Å². The van der Waals surface area contributed by atoms with Crippen molar-refractivity contribution < 1.29 is 9.53 Å². The number of esters is 1. The average Bonchev–Trinajstić information content (AvgIpc) is 2.85. The van der Waals surface area contributed by atoms with Crippen molar-refractivity contribution in [1.82, 2.24) is 4.98 Å². The summed E-state index contributed by atoms with van der Waals surface area (Å²) in [6.07, 6.45) is 4.25. The fourth-order valence-corrected chi connectivity index (χ4v) is 3.96. The summed E-state index contributed by atoms with van der Waals surface area (Å²) in [6.45, 7) is 3.21. The van der Waals surface area contributed by atoms with Crippen LogP contribution < -0.4 is 5.32 Å². The molecule has 106 valence electrons. The molecule has 1 unspecified atom stereocenters. The van der Waals surface area contributed by atoms with Gasteiger partial charge in [0.1, 0.15) is 0 Å². The predicted molar refractivity (Wildman–Crippen MR) is 81.0 cm³/mol. The highest BCUT2D eigenvalue weighted by Gasteiger charge is 2.14. The maximum atomic E-state index is 11.3. The van der Waals surface area contributed by atoms with Gasteiger partial charge in [0.25, 0.3) is 0 Å². The summed E-state index contributed by atoms with van der Waals surface area (Å²) in [4.78, 5) is 15.8. The van der Waals surface area contributed by atoms with Crippen LogP contribution in [0.5, 0.6) is 0 Å². The number of aromatic nitrogens is 1. The molecule has 1 aliphatic heterocycles. The minimum atomic E-state index is -0.206. The largest absolute Gasteiger partial charge is 0.466 e. The van der Waals surface area contributed by atoms with Crippen LogP contribution in [0, 0.1) is 0 Å². The van der Waals surface area contributed by atoms with Crippen molar-refractivity contribution in [3.8, 4) is 0 Å². The molecule has 0 amide bonds. The molecule has 1 atom stereocenters. The number of hydrogen-bond donors (Lipinski definition) is 1. The Labute approximate surface area is 122 Å². The highest BCUT2D eigenvalue weighted by atomic mass is 32.2. The van der Waals surface area contributed by atoms with Gasteiger partial charge in [0, 0.05) is 17.2 Å². The highest BCUT2D eigenvalue weighted by molar-refractivity contribution is 7.99. The van der Waals surface area contributed by atoms with Crippen LogP contribution >= 0.6 is 23.1 Å². The number of thioether (sulfide) groups is 1. The predicted octanol–water partition coefficient (Wildman–Crippen LogP) is 2.95. The van der Waals surface area contributed by atoms with Crippen LogP contribution in [0.1, 0.15) is 31.9 Å². The zero-order valence-electron chi connectivity index (χ0n) is 11.2. The first-order valence-corrected chi connectivity index (χ1v) is 8.66. The first kappa shape index (κ1) is 14.7. The maximum Gasteiger partial charge on any atom is 0.311 e. The van der Waals surface area contributed by atoms with Crippen LogP contribution in [0.15, 0.2) is 5.38 Å². The quantitative estimate of drug-likeness (QED) is 0.819. The van der Waals surface area contributed by atoms with E-state index in [9.17, 15) is 4.79 Å². The van der Waals surface area contributed by atoms with Gasteiger partial charge in [-0.2, -0.15) is 11.8 Å². The SMILES string of the molecule is CCOC(=O)Cc1csc(NCC2CCCCS2)n1. The summed E-state index contributed by atoms with van der Waals surface area (Å²) in [5, 5.41) is 6.91. The molecule has 0 radical (unpaired) electrons. The molecule has 4 nitrogen and oxygen atoms in total. The van der Waals surface area contributed by atoms with Gasteiger partial charge < -0.3 is 10.1 Å². The van der Waals surface area contributed by atoms with Crippen LogP contribution in [0.25, 0.3) is 0 Å². The summed E-state index contributed by atoms with van der Waals surface area (Å²) >= 11 is 3.61. The number of nitrogens with one attached hydrogen (secondary N) is 1. The minimum Gasteiger partial charge on any atom is -0.466 e. The Morgan fingerprint density at radius 1 is 1.58 bits per heavy atom. The van der Waals surface area contributed by atoms with Gasteiger partial charge in [0.2, 0.25) is 0 Å². The number of hydrogen-bond acceptors (Lipinski definition) is 6. The molecule has 0 aromatic carbocycles. The van der Waals surface area contributed by atoms with Crippen LogP contribution in [0.2, 0.25) is 0 Å². The maximum absolute atomic E-state index is 11.3. The minimum absolute atomic E-state index is 0.206. The van der Waals surface area contributed by atoms with Gasteiger partial charge in [-0.15, -0.1) is 11.3 Å². The first-order valence-electron chi connectivity index (χ1n) is 6.73. The second kappa shape index (κ2) is 7.75. The normalized spacial score (nSPS) is 19.1. The summed E-state index contributed by atoms with van der Waals surface area (Å²) in [6, 6.07) is 0. The molecule has 1 aromatic heterocycles. The Bertz CT molecular complexity index is 403. The zero-order valence-corrected chi connectivity index (χ0v) is 12.8. The van der Waals surface area contributed by atoms with Crippen molar-refractivity contribution in [3.05, 3.63) is 11.1 Å². The van der Waals surface area contributed by atoms with E-state index >= 15 is 0 Å². The molecule has 0 spiro atoms. The molecule has 1 aromatic rings. The standard InChI is InChI=1S/C13H20N2O2S2/c1-2-17-12(16)7-10-9-19-13(15-10)14-8-11-5-3-4-6-18-11/h9,11H,2-8H2,1H3,(H,14,15). The van der Waals surface area contributed by atoms with Crippen molar-refractivity contribution in [2.45, 2.75) is 37.9 Å². The number of anilines is 1. The van der Waals surface area contributed by atoms with E-state index in [1.54, 1.807) is 11.3 Å². The Morgan fingerprint density at radius 3 is 3.21 bits per heavy atom. The second-order valence-corrected chi connectivity index (χ2v) is 6.76. The van der Waals surface area contributed by atoms with E-state index in [2.05, 4.69) is 10.3 Å². The first-order chi connectivity index (χ1) is 9.28. The number of rotatable bonds is 6. The third-order valence-electron chi connectivity index (χ3n) is 2.94. The summed E-state index contributed by atoms with van der Waals surface area (Å²) in [7, 11) is 0. The molecule has 19 heavy (non-hydrogen) atoms. The molecular weight excluding hydrogens is 280 g/mol. The van der Waals surface area contributed by atoms with Gasteiger partial charge in [0.05, 0.1) is 18.7 Å². The molecular formula is C13H20N2O2S2. The lowest BCUT2D eigenvalue weighted by Crippen LogP contribution is -2.19. The zero-order chi connectivity index (χ0) is 13.5. The number of carbonyl (C=O) groups is 1. The van der Waals surface area contributed by atoms with E-state index in [0.717, 1.165) is 17.4 Å². The Kier molecular flexibility index (Phi) is 5.97. The molecule has 1 aliphatic rings. The third-order valence-corrected chi connectivity index (χ3v) is 5.18. The molecule has 2 heterocycles. The van der Waals surface area contributed by atoms with E-state index in [-0.39, 0.29) is 12.4 Å². The van der Waals surface area contributed by atoms with Crippen LogP contribution in [0.3, 0.4) is 0 Å². The van der Waals surface area contributed by atoms with Gasteiger partial charge in [-0.3, -0.25) is 4.79 Å². The molecule has 6 heteroatoms. The van der Waals surface area contributed by atoms with E-state index in [4.69, 9.17) is 4.74 Å². The average molecular weight is 300 g/mol.